The molecule has 6 heteroatoms. The van der Waals surface area contributed by atoms with E-state index in [1.165, 1.54) is 13.2 Å². The van der Waals surface area contributed by atoms with Crippen molar-refractivity contribution >= 4 is 19.7 Å². The molecule has 1 aromatic rings. The highest BCUT2D eigenvalue weighted by atomic mass is 35.7. The third-order valence-electron chi connectivity index (χ3n) is 2.53. The number of hydrogen-bond acceptors (Lipinski definition) is 4. The molecule has 1 rings (SSSR count). The summed E-state index contributed by atoms with van der Waals surface area (Å²) in [4.78, 5) is 0. The van der Waals surface area contributed by atoms with Crippen molar-refractivity contribution < 1.29 is 18.3 Å². The molecule has 0 aliphatic rings. The number of phenols is 1. The molecular weight excluding hydrogens is 276 g/mol. The third-order valence-corrected chi connectivity index (χ3v) is 3.52. The van der Waals surface area contributed by atoms with Gasteiger partial charge in [0.05, 0.1) is 12.9 Å². The van der Waals surface area contributed by atoms with E-state index in [-0.39, 0.29) is 16.9 Å². The predicted octanol–water partition coefficient (Wildman–Crippen LogP) is 2.77. The van der Waals surface area contributed by atoms with Crippen molar-refractivity contribution in [2.75, 3.05) is 7.11 Å². The quantitative estimate of drug-likeness (QED) is 0.870. The lowest BCUT2D eigenvalue weighted by atomic mass is 9.85. The van der Waals surface area contributed by atoms with Crippen LogP contribution >= 0.6 is 10.7 Å². The van der Waals surface area contributed by atoms with Crippen LogP contribution in [0, 0.1) is 0 Å². The first-order valence-electron chi connectivity index (χ1n) is 5.37. The van der Waals surface area contributed by atoms with Crippen LogP contribution in [-0.2, 0) is 20.2 Å². The fourth-order valence-electron chi connectivity index (χ4n) is 1.70. The van der Waals surface area contributed by atoms with E-state index >= 15 is 0 Å². The van der Waals surface area contributed by atoms with Crippen LogP contribution in [0.2, 0.25) is 0 Å². The number of methoxy groups -OCH3 is 1. The first-order chi connectivity index (χ1) is 8.04. The van der Waals surface area contributed by atoms with E-state index in [4.69, 9.17) is 15.4 Å². The molecule has 1 aromatic carbocycles. The maximum absolute atomic E-state index is 11.1. The Morgan fingerprint density at radius 3 is 2.28 bits per heavy atom. The molecule has 0 saturated heterocycles. The fraction of sp³-hybridized carbons (Fsp3) is 0.500. The minimum atomic E-state index is -3.69. The average Bonchev–Trinajstić information content (AvgIpc) is 2.13. The number of benzene rings is 1. The van der Waals surface area contributed by atoms with Crippen molar-refractivity contribution in [3.63, 3.8) is 0 Å². The Morgan fingerprint density at radius 1 is 1.33 bits per heavy atom. The zero-order chi connectivity index (χ0) is 14.1. The Kier molecular flexibility index (Phi) is 4.18. The van der Waals surface area contributed by atoms with Gasteiger partial charge in [-0.05, 0) is 17.5 Å². The lowest BCUT2D eigenvalue weighted by molar-refractivity contribution is 0.401. The van der Waals surface area contributed by atoms with Gasteiger partial charge < -0.3 is 9.84 Å². The molecule has 0 spiro atoms. The minimum absolute atomic E-state index is 0.0404. The van der Waals surface area contributed by atoms with Crippen LogP contribution in [0.15, 0.2) is 12.1 Å². The number of aromatic hydroxyl groups is 1. The Hall–Kier alpha value is -0.940. The highest BCUT2D eigenvalue weighted by Crippen LogP contribution is 2.36. The molecule has 18 heavy (non-hydrogen) atoms. The van der Waals surface area contributed by atoms with Crippen LogP contribution in [-0.4, -0.2) is 20.6 Å². The molecule has 0 aromatic heterocycles. The number of ether oxygens (including phenoxy) is 1. The number of halogens is 1. The van der Waals surface area contributed by atoms with Gasteiger partial charge in [-0.25, -0.2) is 8.42 Å². The van der Waals surface area contributed by atoms with Crippen LogP contribution in [0.1, 0.15) is 31.9 Å². The standard InChI is InChI=1S/C12H17ClO4S/c1-12(2,3)9-6-11(17-4)8(5-10(9)14)7-18(13,15)16/h5-6,14H,7H2,1-4H3. The van der Waals surface area contributed by atoms with Crippen molar-refractivity contribution in [2.45, 2.75) is 31.9 Å². The van der Waals surface area contributed by atoms with E-state index in [9.17, 15) is 13.5 Å². The normalized spacial score (nSPS) is 12.5. The van der Waals surface area contributed by atoms with Gasteiger partial charge in [0, 0.05) is 21.8 Å². The summed E-state index contributed by atoms with van der Waals surface area (Å²) in [6.07, 6.45) is 0. The zero-order valence-electron chi connectivity index (χ0n) is 10.8. The van der Waals surface area contributed by atoms with E-state index in [0.717, 1.165) is 0 Å². The summed E-state index contributed by atoms with van der Waals surface area (Å²) in [5.41, 5.74) is 0.767. The molecule has 0 aliphatic heterocycles. The first-order valence-corrected chi connectivity index (χ1v) is 7.85. The third kappa shape index (κ3) is 3.78. The molecular formula is C12H17ClO4S. The van der Waals surface area contributed by atoms with Crippen molar-refractivity contribution in [1.29, 1.82) is 0 Å². The second-order valence-corrected chi connectivity index (χ2v) is 7.89. The highest BCUT2D eigenvalue weighted by molar-refractivity contribution is 8.13. The lowest BCUT2D eigenvalue weighted by Crippen LogP contribution is -2.12. The van der Waals surface area contributed by atoms with Gasteiger partial charge in [-0.3, -0.25) is 0 Å². The van der Waals surface area contributed by atoms with E-state index < -0.39 is 9.05 Å². The van der Waals surface area contributed by atoms with Gasteiger partial charge in [-0.1, -0.05) is 20.8 Å². The summed E-state index contributed by atoms with van der Waals surface area (Å²) in [7, 11) is 2.97. The Balaban J connectivity index is 3.36. The molecule has 0 atom stereocenters. The molecule has 102 valence electrons. The van der Waals surface area contributed by atoms with Gasteiger partial charge in [-0.15, -0.1) is 0 Å². The van der Waals surface area contributed by atoms with Gasteiger partial charge in [0.1, 0.15) is 11.5 Å². The van der Waals surface area contributed by atoms with Crippen LogP contribution < -0.4 is 4.74 Å². The zero-order valence-corrected chi connectivity index (χ0v) is 12.4. The van der Waals surface area contributed by atoms with Crippen molar-refractivity contribution in [1.82, 2.24) is 0 Å². The summed E-state index contributed by atoms with van der Waals surface area (Å²) >= 11 is 0. The van der Waals surface area contributed by atoms with Crippen molar-refractivity contribution in [3.8, 4) is 11.5 Å². The maximum atomic E-state index is 11.1. The summed E-state index contributed by atoms with van der Waals surface area (Å²) in [6.45, 7) is 5.83. The smallest absolute Gasteiger partial charge is 0.236 e. The second kappa shape index (κ2) is 4.97. The van der Waals surface area contributed by atoms with E-state index in [1.54, 1.807) is 6.07 Å². The van der Waals surface area contributed by atoms with Gasteiger partial charge in [-0.2, -0.15) is 0 Å². The monoisotopic (exact) mass is 292 g/mol. The second-order valence-electron chi connectivity index (χ2n) is 5.11. The summed E-state index contributed by atoms with van der Waals surface area (Å²) in [5.74, 6) is 0.0657. The van der Waals surface area contributed by atoms with Crippen LogP contribution in [0.4, 0.5) is 0 Å². The lowest BCUT2D eigenvalue weighted by Gasteiger charge is -2.22. The van der Waals surface area contributed by atoms with Crippen LogP contribution in [0.25, 0.3) is 0 Å². The largest absolute Gasteiger partial charge is 0.508 e. The summed E-state index contributed by atoms with van der Waals surface area (Å²) in [6, 6.07) is 3.03. The molecule has 0 fully saturated rings. The molecule has 4 nitrogen and oxygen atoms in total. The van der Waals surface area contributed by atoms with Gasteiger partial charge in [0.2, 0.25) is 9.05 Å². The molecule has 0 saturated carbocycles. The SMILES string of the molecule is COc1cc(C(C)(C)C)c(O)cc1CS(=O)(=O)Cl. The topological polar surface area (TPSA) is 63.6 Å². The van der Waals surface area contributed by atoms with Gasteiger partial charge in [0.25, 0.3) is 0 Å². The molecule has 1 N–H and O–H groups in total. The van der Waals surface area contributed by atoms with E-state index in [1.807, 2.05) is 20.8 Å². The Bertz CT molecular complexity index is 544. The van der Waals surface area contributed by atoms with Crippen LogP contribution in [0.3, 0.4) is 0 Å². The first kappa shape index (κ1) is 15.1. The van der Waals surface area contributed by atoms with E-state index in [2.05, 4.69) is 0 Å². The molecule has 0 heterocycles. The molecule has 0 amide bonds. The highest BCUT2D eigenvalue weighted by Gasteiger charge is 2.22. The Morgan fingerprint density at radius 2 is 1.89 bits per heavy atom. The van der Waals surface area contributed by atoms with Crippen LogP contribution in [0.5, 0.6) is 11.5 Å². The summed E-state index contributed by atoms with van der Waals surface area (Å²) < 4.78 is 27.3. The van der Waals surface area contributed by atoms with Gasteiger partial charge >= 0.3 is 0 Å². The number of rotatable bonds is 3. The summed E-state index contributed by atoms with van der Waals surface area (Å²) in [5, 5.41) is 9.95. The van der Waals surface area contributed by atoms with Crippen molar-refractivity contribution in [3.05, 3.63) is 23.3 Å². The van der Waals surface area contributed by atoms with Crippen molar-refractivity contribution in [2.24, 2.45) is 0 Å². The Labute approximate surface area is 112 Å². The number of phenolic OH excluding ortho intramolecular Hbond substituents is 1. The van der Waals surface area contributed by atoms with Gasteiger partial charge in [0.15, 0.2) is 0 Å². The molecule has 0 aliphatic carbocycles. The molecule has 0 bridgehead atoms. The minimum Gasteiger partial charge on any atom is -0.508 e. The average molecular weight is 293 g/mol. The molecule has 0 unspecified atom stereocenters. The van der Waals surface area contributed by atoms with E-state index in [0.29, 0.717) is 16.9 Å². The maximum Gasteiger partial charge on any atom is 0.236 e. The predicted molar refractivity (Wildman–Crippen MR) is 71.8 cm³/mol. The number of hydrogen-bond donors (Lipinski definition) is 1. The fourth-order valence-corrected chi connectivity index (χ4v) is 2.65. The molecule has 0 radical (unpaired) electrons.